The van der Waals surface area contributed by atoms with Crippen LogP contribution in [0.4, 0.5) is 5.69 Å². The molecule has 3 N–H and O–H groups in total. The van der Waals surface area contributed by atoms with Crippen LogP contribution in [-0.2, 0) is 20.2 Å². The van der Waals surface area contributed by atoms with Crippen molar-refractivity contribution in [2.45, 2.75) is 30.1 Å². The largest absolute Gasteiger partial charge is 0.454 e. The van der Waals surface area contributed by atoms with Gasteiger partial charge in [0.2, 0.25) is 22.7 Å². The third-order valence-corrected chi connectivity index (χ3v) is 7.08. The molecule has 2 aliphatic rings. The highest BCUT2D eigenvalue weighted by atomic mass is 32.2. The van der Waals surface area contributed by atoms with Gasteiger partial charge >= 0.3 is 0 Å². The maximum Gasteiger partial charge on any atom is 0.238 e. The smallest absolute Gasteiger partial charge is 0.238 e. The van der Waals surface area contributed by atoms with E-state index in [0.717, 1.165) is 29.5 Å². The van der Waals surface area contributed by atoms with E-state index in [9.17, 15) is 13.2 Å². The first kappa shape index (κ1) is 20.5. The van der Waals surface area contributed by atoms with Crippen molar-refractivity contribution < 1.29 is 27.0 Å². The first-order chi connectivity index (χ1) is 15.3. The molecule has 1 amide bonds. The third kappa shape index (κ3) is 3.51. The molecule has 0 atom stereocenters. The number of primary sulfonamides is 1. The molecular weight excluding hydrogens is 428 g/mol. The van der Waals surface area contributed by atoms with Crippen LogP contribution in [0.5, 0.6) is 11.5 Å². The van der Waals surface area contributed by atoms with Crippen LogP contribution in [0.1, 0.15) is 28.2 Å². The fourth-order valence-corrected chi connectivity index (χ4v) is 4.69. The Bertz CT molecular complexity index is 1360. The Morgan fingerprint density at radius 1 is 1.03 bits per heavy atom. The van der Waals surface area contributed by atoms with Gasteiger partial charge in [0.25, 0.3) is 0 Å². The van der Waals surface area contributed by atoms with Crippen LogP contribution in [0.2, 0.25) is 0 Å². The summed E-state index contributed by atoms with van der Waals surface area (Å²) in [7, 11) is -3.81. The molecule has 1 aliphatic carbocycles. The summed E-state index contributed by atoms with van der Waals surface area (Å²) in [6.45, 7) is 2.09. The molecule has 170 valence electrons. The van der Waals surface area contributed by atoms with Gasteiger partial charge in [-0.3, -0.25) is 4.79 Å². The SMILES string of the molecule is Cc1c(NC(=O)C2(c3ccc4c(c3)OCO4)CC2)cccc1-c1cccc(S(N)(=O)=O)c1.[HH].[HH].[HH]. The Morgan fingerprint density at radius 3 is 2.53 bits per heavy atom. The summed E-state index contributed by atoms with van der Waals surface area (Å²) in [6.07, 6.45) is 1.52. The van der Waals surface area contributed by atoms with Crippen LogP contribution >= 0.6 is 0 Å². The van der Waals surface area contributed by atoms with Gasteiger partial charge in [-0.1, -0.05) is 30.3 Å². The van der Waals surface area contributed by atoms with Crippen molar-refractivity contribution in [3.63, 3.8) is 0 Å². The monoisotopic (exact) mass is 456 g/mol. The lowest BCUT2D eigenvalue weighted by Crippen LogP contribution is -2.28. The molecule has 5 rings (SSSR count). The summed E-state index contributed by atoms with van der Waals surface area (Å²) in [6, 6.07) is 17.7. The van der Waals surface area contributed by atoms with Crippen molar-refractivity contribution in [1.82, 2.24) is 0 Å². The third-order valence-electron chi connectivity index (χ3n) is 6.17. The standard InChI is InChI=1S/C24H22N2O5S.3H2/c1-15-19(16-4-2-5-18(12-16)32(25,28)29)6-3-7-20(15)26-23(27)24(10-11-24)17-8-9-21-22(13-17)31-14-30-21;;;/h2-9,12-13H,10-11,14H2,1H3,(H,26,27)(H2,25,28,29);3*1H. The van der Waals surface area contributed by atoms with Crippen LogP contribution in [0.25, 0.3) is 11.1 Å². The van der Waals surface area contributed by atoms with Crippen molar-refractivity contribution in [3.05, 3.63) is 71.8 Å². The molecule has 1 fully saturated rings. The summed E-state index contributed by atoms with van der Waals surface area (Å²) in [5.41, 5.74) is 3.38. The van der Waals surface area contributed by atoms with E-state index in [1.54, 1.807) is 6.07 Å². The van der Waals surface area contributed by atoms with Gasteiger partial charge < -0.3 is 14.8 Å². The van der Waals surface area contributed by atoms with Gasteiger partial charge in [-0.25, -0.2) is 13.6 Å². The number of anilines is 1. The highest BCUT2D eigenvalue weighted by molar-refractivity contribution is 7.89. The summed E-state index contributed by atoms with van der Waals surface area (Å²) in [4.78, 5) is 13.3. The quantitative estimate of drug-likeness (QED) is 0.590. The summed E-state index contributed by atoms with van der Waals surface area (Å²) in [5.74, 6) is 1.28. The maximum atomic E-state index is 13.3. The van der Waals surface area contributed by atoms with Crippen LogP contribution in [0.3, 0.4) is 0 Å². The topological polar surface area (TPSA) is 108 Å². The molecule has 0 aromatic heterocycles. The molecule has 7 nitrogen and oxygen atoms in total. The van der Waals surface area contributed by atoms with Crippen molar-refractivity contribution in [3.8, 4) is 22.6 Å². The molecule has 1 heterocycles. The average molecular weight is 457 g/mol. The van der Waals surface area contributed by atoms with Gasteiger partial charge in [0.15, 0.2) is 11.5 Å². The molecule has 0 spiro atoms. The van der Waals surface area contributed by atoms with Crippen LogP contribution in [0, 0.1) is 6.92 Å². The summed E-state index contributed by atoms with van der Waals surface area (Å²) >= 11 is 0. The van der Waals surface area contributed by atoms with Crippen molar-refractivity contribution >= 4 is 21.6 Å². The van der Waals surface area contributed by atoms with E-state index in [1.807, 2.05) is 49.4 Å². The number of hydrogen-bond donors (Lipinski definition) is 2. The van der Waals surface area contributed by atoms with Crippen LogP contribution < -0.4 is 19.9 Å². The predicted octanol–water partition coefficient (Wildman–Crippen LogP) is 4.45. The zero-order valence-corrected chi connectivity index (χ0v) is 18.2. The zero-order chi connectivity index (χ0) is 22.5. The van der Waals surface area contributed by atoms with Crippen LogP contribution in [0.15, 0.2) is 65.6 Å². The van der Waals surface area contributed by atoms with Crippen LogP contribution in [-0.4, -0.2) is 21.1 Å². The van der Waals surface area contributed by atoms with Crippen molar-refractivity contribution in [2.75, 3.05) is 12.1 Å². The van der Waals surface area contributed by atoms with Gasteiger partial charge in [0.05, 0.1) is 10.3 Å². The molecule has 8 heteroatoms. The zero-order valence-electron chi connectivity index (χ0n) is 17.4. The number of benzene rings is 3. The number of rotatable bonds is 5. The molecule has 1 aliphatic heterocycles. The number of ether oxygens (including phenoxy) is 2. The lowest BCUT2D eigenvalue weighted by Gasteiger charge is -2.19. The number of amides is 1. The number of hydrogen-bond acceptors (Lipinski definition) is 5. The number of fused-ring (bicyclic) bond motifs is 1. The van der Waals surface area contributed by atoms with Gasteiger partial charge in [0.1, 0.15) is 0 Å². The molecule has 0 radical (unpaired) electrons. The van der Waals surface area contributed by atoms with E-state index >= 15 is 0 Å². The molecule has 0 saturated heterocycles. The Hall–Kier alpha value is -3.36. The van der Waals surface area contributed by atoms with Crippen molar-refractivity contribution in [2.24, 2.45) is 5.14 Å². The minimum Gasteiger partial charge on any atom is -0.454 e. The van der Waals surface area contributed by atoms with Gasteiger partial charge in [0, 0.05) is 9.97 Å². The normalized spacial score (nSPS) is 15.9. The predicted molar refractivity (Wildman–Crippen MR) is 126 cm³/mol. The number of nitrogens with one attached hydrogen (secondary N) is 1. The van der Waals surface area contributed by atoms with Gasteiger partial charge in [-0.15, -0.1) is 0 Å². The highest BCUT2D eigenvalue weighted by Crippen LogP contribution is 2.51. The highest BCUT2D eigenvalue weighted by Gasteiger charge is 2.51. The molecule has 3 aromatic carbocycles. The van der Waals surface area contributed by atoms with E-state index in [4.69, 9.17) is 14.6 Å². The fraction of sp³-hybridized carbons (Fsp3) is 0.208. The molecule has 1 saturated carbocycles. The first-order valence-electron chi connectivity index (χ1n) is 10.2. The van der Waals surface area contributed by atoms with E-state index in [2.05, 4.69) is 5.32 Å². The minimum atomic E-state index is -3.81. The van der Waals surface area contributed by atoms with Crippen molar-refractivity contribution in [1.29, 1.82) is 0 Å². The number of nitrogens with two attached hydrogens (primary N) is 1. The molecule has 0 bridgehead atoms. The summed E-state index contributed by atoms with van der Waals surface area (Å²) < 4.78 is 34.3. The Morgan fingerprint density at radius 2 is 1.78 bits per heavy atom. The molecule has 0 unspecified atom stereocenters. The molecule has 32 heavy (non-hydrogen) atoms. The minimum absolute atomic E-state index is 0. The van der Waals surface area contributed by atoms with Gasteiger partial charge in [-0.2, -0.15) is 0 Å². The first-order valence-corrected chi connectivity index (χ1v) is 11.8. The number of sulfonamides is 1. The van der Waals surface area contributed by atoms with E-state index < -0.39 is 15.4 Å². The average Bonchev–Trinajstić information content (AvgIpc) is 3.45. The lowest BCUT2D eigenvalue weighted by atomic mass is 9.93. The number of carbonyl (C=O) groups excluding carboxylic acids is 1. The second kappa shape index (κ2) is 7.36. The number of carbonyl (C=O) groups is 1. The maximum absolute atomic E-state index is 13.3. The molecule has 3 aromatic rings. The van der Waals surface area contributed by atoms with E-state index in [-0.39, 0.29) is 21.9 Å². The summed E-state index contributed by atoms with van der Waals surface area (Å²) in [5, 5.41) is 8.36. The lowest BCUT2D eigenvalue weighted by molar-refractivity contribution is -0.118. The Labute approximate surface area is 190 Å². The molecular formula is C24H28N2O5S. The second-order valence-corrected chi connectivity index (χ2v) is 9.72. The second-order valence-electron chi connectivity index (χ2n) is 8.16. The van der Waals surface area contributed by atoms with E-state index in [0.29, 0.717) is 22.7 Å². The van der Waals surface area contributed by atoms with E-state index in [1.165, 1.54) is 12.1 Å². The fourth-order valence-electron chi connectivity index (χ4n) is 4.13. The Kier molecular flexibility index (Phi) is 4.72. The Balaban J connectivity index is 0.00000144. The van der Waals surface area contributed by atoms with Gasteiger partial charge in [-0.05, 0) is 72.4 Å².